The second-order valence-electron chi connectivity index (χ2n) is 3.90. The number of nitro groups is 1. The topological polar surface area (TPSA) is 109 Å². The smallest absolute Gasteiger partial charge is 0.294 e. The Bertz CT molecular complexity index is 770. The second kappa shape index (κ2) is 6.11. The van der Waals surface area contributed by atoms with Gasteiger partial charge in [0.2, 0.25) is 0 Å². The van der Waals surface area contributed by atoms with Crippen molar-refractivity contribution in [2.45, 2.75) is 0 Å². The number of nitro benzene ring substituents is 1. The van der Waals surface area contributed by atoms with E-state index in [9.17, 15) is 14.9 Å². The molecule has 0 bridgehead atoms. The molecule has 0 aliphatic rings. The van der Waals surface area contributed by atoms with Gasteiger partial charge in [-0.2, -0.15) is 5.26 Å². The van der Waals surface area contributed by atoms with Gasteiger partial charge in [0, 0.05) is 12.3 Å². The molecule has 0 fully saturated rings. The molecule has 0 radical (unpaired) electrons. The molecule has 1 heterocycles. The van der Waals surface area contributed by atoms with Gasteiger partial charge in [0.15, 0.2) is 0 Å². The first kappa shape index (κ1) is 14.6. The maximum absolute atomic E-state index is 12.1. The number of hydrogen-bond donors (Lipinski definition) is 1. The van der Waals surface area contributed by atoms with Gasteiger partial charge < -0.3 is 5.32 Å². The average Bonchev–Trinajstić information content (AvgIpc) is 2.47. The Hall–Kier alpha value is -2.79. The van der Waals surface area contributed by atoms with E-state index in [0.29, 0.717) is 4.60 Å². The van der Waals surface area contributed by atoms with E-state index in [-0.39, 0.29) is 22.5 Å². The highest BCUT2D eigenvalue weighted by Crippen LogP contribution is 2.26. The van der Waals surface area contributed by atoms with Crippen molar-refractivity contribution in [3.05, 3.63) is 62.4 Å². The predicted octanol–water partition coefficient (Wildman–Crippen LogP) is 2.88. The first-order chi connectivity index (χ1) is 10.0. The molecule has 7 nitrogen and oxygen atoms in total. The summed E-state index contributed by atoms with van der Waals surface area (Å²) in [6, 6.07) is 8.73. The maximum Gasteiger partial charge on any atom is 0.294 e. The number of pyridine rings is 1. The van der Waals surface area contributed by atoms with E-state index in [1.165, 1.54) is 24.4 Å². The molecular formula is C13H7BrN4O3. The molecule has 0 saturated heterocycles. The Morgan fingerprint density at radius 2 is 2.19 bits per heavy atom. The van der Waals surface area contributed by atoms with Gasteiger partial charge in [-0.05, 0) is 40.2 Å². The van der Waals surface area contributed by atoms with Crippen molar-refractivity contribution in [3.63, 3.8) is 0 Å². The molecule has 104 valence electrons. The molecule has 1 N–H and O–H groups in total. The lowest BCUT2D eigenvalue weighted by atomic mass is 10.1. The lowest BCUT2D eigenvalue weighted by molar-refractivity contribution is -0.383. The van der Waals surface area contributed by atoms with Gasteiger partial charge in [0.1, 0.15) is 10.3 Å². The van der Waals surface area contributed by atoms with Crippen LogP contribution in [-0.4, -0.2) is 15.8 Å². The van der Waals surface area contributed by atoms with Gasteiger partial charge in [0.25, 0.3) is 11.6 Å². The van der Waals surface area contributed by atoms with Crippen LogP contribution < -0.4 is 5.32 Å². The maximum atomic E-state index is 12.1. The van der Waals surface area contributed by atoms with Gasteiger partial charge >= 0.3 is 0 Å². The summed E-state index contributed by atoms with van der Waals surface area (Å²) in [7, 11) is 0. The lowest BCUT2D eigenvalue weighted by Crippen LogP contribution is -2.14. The monoisotopic (exact) mass is 346 g/mol. The fraction of sp³-hybridized carbons (Fsp3) is 0. The fourth-order valence-corrected chi connectivity index (χ4v) is 2.03. The number of halogens is 1. The molecule has 0 saturated carbocycles. The molecule has 21 heavy (non-hydrogen) atoms. The molecule has 8 heteroatoms. The number of nitriles is 1. The molecule has 0 spiro atoms. The van der Waals surface area contributed by atoms with Gasteiger partial charge in [-0.1, -0.05) is 0 Å². The molecule has 2 aromatic rings. The number of carbonyl (C=O) groups is 1. The molecule has 0 unspecified atom stereocenters. The highest BCUT2D eigenvalue weighted by Gasteiger charge is 2.18. The third-order valence-corrected chi connectivity index (χ3v) is 3.21. The summed E-state index contributed by atoms with van der Waals surface area (Å²) in [6.07, 6.45) is 1.50. The van der Waals surface area contributed by atoms with Crippen LogP contribution in [0.1, 0.15) is 15.9 Å². The number of carbonyl (C=O) groups excluding carboxylic acids is 1. The zero-order valence-corrected chi connectivity index (χ0v) is 12.0. The normalized spacial score (nSPS) is 9.71. The Morgan fingerprint density at radius 1 is 1.43 bits per heavy atom. The molecule has 1 amide bonds. The van der Waals surface area contributed by atoms with E-state index in [2.05, 4.69) is 26.2 Å². The highest BCUT2D eigenvalue weighted by atomic mass is 79.9. The number of nitrogens with one attached hydrogen (secondary N) is 1. The minimum atomic E-state index is -0.658. The van der Waals surface area contributed by atoms with Gasteiger partial charge in [-0.25, -0.2) is 4.98 Å². The standard InChI is InChI=1S/C13H7BrN4O3/c14-12-9(2-1-5-16-12)13(19)17-10-4-3-8(7-15)6-11(10)18(20)21/h1-6H,(H,17,19). The molecular weight excluding hydrogens is 340 g/mol. The number of benzene rings is 1. The van der Waals surface area contributed by atoms with E-state index in [1.54, 1.807) is 6.07 Å². The Kier molecular flexibility index (Phi) is 4.25. The van der Waals surface area contributed by atoms with Crippen LogP contribution in [0.5, 0.6) is 0 Å². The SMILES string of the molecule is N#Cc1ccc(NC(=O)c2cccnc2Br)c([N+](=O)[O-])c1. The van der Waals surface area contributed by atoms with Gasteiger partial charge in [-0.15, -0.1) is 0 Å². The van der Waals surface area contributed by atoms with Crippen molar-refractivity contribution in [1.29, 1.82) is 5.26 Å². The van der Waals surface area contributed by atoms with E-state index in [1.807, 2.05) is 6.07 Å². The minimum absolute atomic E-state index is 0.0137. The minimum Gasteiger partial charge on any atom is -0.316 e. The summed E-state index contributed by atoms with van der Waals surface area (Å²) >= 11 is 3.13. The number of rotatable bonds is 3. The summed E-state index contributed by atoms with van der Waals surface area (Å²) in [5.74, 6) is -0.539. The van der Waals surface area contributed by atoms with Gasteiger partial charge in [-0.3, -0.25) is 14.9 Å². The third-order valence-electron chi connectivity index (χ3n) is 2.58. The summed E-state index contributed by atoms with van der Waals surface area (Å²) in [5.41, 5.74) is 0.0561. The van der Waals surface area contributed by atoms with Crippen LogP contribution in [0.4, 0.5) is 11.4 Å². The molecule has 1 aromatic carbocycles. The first-order valence-corrected chi connectivity index (χ1v) is 6.42. The largest absolute Gasteiger partial charge is 0.316 e. The molecule has 1 aromatic heterocycles. The second-order valence-corrected chi connectivity index (χ2v) is 4.65. The van der Waals surface area contributed by atoms with E-state index >= 15 is 0 Å². The van der Waals surface area contributed by atoms with Gasteiger partial charge in [0.05, 0.1) is 22.1 Å². The first-order valence-electron chi connectivity index (χ1n) is 5.63. The number of nitrogens with zero attached hydrogens (tertiary/aromatic N) is 3. The number of amides is 1. The van der Waals surface area contributed by atoms with Crippen molar-refractivity contribution < 1.29 is 9.72 Å². The predicted molar refractivity (Wildman–Crippen MR) is 77.7 cm³/mol. The van der Waals surface area contributed by atoms with E-state index in [4.69, 9.17) is 5.26 Å². The van der Waals surface area contributed by atoms with Crippen molar-refractivity contribution >= 4 is 33.2 Å². The van der Waals surface area contributed by atoms with Crippen LogP contribution in [0.2, 0.25) is 0 Å². The average molecular weight is 347 g/mol. The van der Waals surface area contributed by atoms with Crippen molar-refractivity contribution in [1.82, 2.24) is 4.98 Å². The molecule has 0 aliphatic carbocycles. The van der Waals surface area contributed by atoms with Crippen molar-refractivity contribution in [3.8, 4) is 6.07 Å². The van der Waals surface area contributed by atoms with E-state index in [0.717, 1.165) is 6.07 Å². The summed E-state index contributed by atoms with van der Waals surface area (Å²) in [6.45, 7) is 0. The Morgan fingerprint density at radius 3 is 2.81 bits per heavy atom. The quantitative estimate of drug-likeness (QED) is 0.522. The van der Waals surface area contributed by atoms with Crippen molar-refractivity contribution in [2.24, 2.45) is 0 Å². The van der Waals surface area contributed by atoms with E-state index < -0.39 is 10.8 Å². The number of hydrogen-bond acceptors (Lipinski definition) is 5. The highest BCUT2D eigenvalue weighted by molar-refractivity contribution is 9.10. The zero-order valence-electron chi connectivity index (χ0n) is 10.4. The van der Waals surface area contributed by atoms with Crippen LogP contribution in [0.3, 0.4) is 0 Å². The van der Waals surface area contributed by atoms with Crippen LogP contribution in [0.15, 0.2) is 41.1 Å². The number of anilines is 1. The fourth-order valence-electron chi connectivity index (χ4n) is 1.60. The summed E-state index contributed by atoms with van der Waals surface area (Å²) in [4.78, 5) is 26.3. The van der Waals surface area contributed by atoms with Crippen LogP contribution in [-0.2, 0) is 0 Å². The van der Waals surface area contributed by atoms with Crippen LogP contribution >= 0.6 is 15.9 Å². The molecule has 0 atom stereocenters. The molecule has 0 aliphatic heterocycles. The van der Waals surface area contributed by atoms with Crippen LogP contribution in [0, 0.1) is 21.4 Å². The summed E-state index contributed by atoms with van der Waals surface area (Å²) in [5, 5.41) is 22.2. The van der Waals surface area contributed by atoms with Crippen LogP contribution in [0.25, 0.3) is 0 Å². The summed E-state index contributed by atoms with van der Waals surface area (Å²) < 4.78 is 0.332. The third kappa shape index (κ3) is 3.21. The Labute approximate surface area is 127 Å². The van der Waals surface area contributed by atoms with Crippen molar-refractivity contribution in [2.75, 3.05) is 5.32 Å². The Balaban J connectivity index is 2.36. The number of aromatic nitrogens is 1. The molecule has 2 rings (SSSR count). The lowest BCUT2D eigenvalue weighted by Gasteiger charge is -2.07. The zero-order chi connectivity index (χ0) is 15.4.